The molecule has 1 heteroatoms. The number of nitrogens with zero attached hydrogens (tertiary/aromatic N) is 1. The highest BCUT2D eigenvalue weighted by molar-refractivity contribution is 5.97. The first kappa shape index (κ1) is 35.7. The fourth-order valence-corrected chi connectivity index (χ4v) is 11.4. The number of anilines is 3. The van der Waals surface area contributed by atoms with E-state index in [0.717, 1.165) is 17.1 Å². The maximum absolute atomic E-state index is 2.51. The van der Waals surface area contributed by atoms with E-state index < -0.39 is 10.8 Å². The Kier molecular flexibility index (Phi) is 7.69. The van der Waals surface area contributed by atoms with E-state index in [0.29, 0.717) is 0 Å². The average Bonchev–Trinajstić information content (AvgIpc) is 3.86. The molecule has 0 saturated heterocycles. The minimum absolute atomic E-state index is 0.446. The van der Waals surface area contributed by atoms with Gasteiger partial charge in [0, 0.05) is 17.1 Å². The molecule has 0 N–H and O–H groups in total. The molecule has 1 spiro atoms. The maximum atomic E-state index is 2.51. The molecule has 1 nitrogen and oxygen atoms in total. The van der Waals surface area contributed by atoms with E-state index in [-0.39, 0.29) is 0 Å². The van der Waals surface area contributed by atoms with E-state index in [1.807, 2.05) is 0 Å². The topological polar surface area (TPSA) is 3.24 Å². The first-order valence-corrected chi connectivity index (χ1v) is 21.6. The molecule has 0 aromatic heterocycles. The van der Waals surface area contributed by atoms with Crippen LogP contribution in [0.1, 0.15) is 66.8 Å². The molecule has 0 fully saturated rings. The van der Waals surface area contributed by atoms with Gasteiger partial charge in [-0.2, -0.15) is 0 Å². The van der Waals surface area contributed by atoms with Gasteiger partial charge < -0.3 is 4.90 Å². The van der Waals surface area contributed by atoms with Crippen molar-refractivity contribution >= 4 is 17.1 Å². The van der Waals surface area contributed by atoms with E-state index in [9.17, 15) is 0 Å². The van der Waals surface area contributed by atoms with Gasteiger partial charge in [-0.1, -0.05) is 186 Å². The lowest BCUT2D eigenvalue weighted by atomic mass is 9.67. The van der Waals surface area contributed by atoms with Crippen LogP contribution in [0.5, 0.6) is 0 Å². The quantitative estimate of drug-likeness (QED) is 0.168. The Morgan fingerprint density at radius 2 is 0.623 bits per heavy atom. The fourth-order valence-electron chi connectivity index (χ4n) is 11.4. The van der Waals surface area contributed by atoms with Crippen molar-refractivity contribution in [2.75, 3.05) is 4.90 Å². The first-order valence-electron chi connectivity index (χ1n) is 21.6. The van der Waals surface area contributed by atoms with Crippen LogP contribution in [0.25, 0.3) is 33.4 Å². The number of hydrogen-bond donors (Lipinski definition) is 0. The largest absolute Gasteiger partial charge is 0.310 e. The van der Waals surface area contributed by atoms with Gasteiger partial charge in [0.25, 0.3) is 0 Å². The highest BCUT2D eigenvalue weighted by Crippen LogP contribution is 2.64. The summed E-state index contributed by atoms with van der Waals surface area (Å²) >= 11 is 0. The standard InChI is InChI=1S/C60H45N/c1-38-18-24-42(25-19-38)59(43-26-20-39(2)21-27-43)53-16-10-8-14-47(53)51-32-28-45(36-57(51)59)61(44-12-6-5-7-13-44)46-29-33-52-48-15-9-11-17-54(48)60(58(52)37-46)55-34-40(3)22-30-49(55)50-31-23-41(4)35-56(50)60/h5-37H,1-4H3. The van der Waals surface area contributed by atoms with Crippen molar-refractivity contribution in [1.82, 2.24) is 0 Å². The van der Waals surface area contributed by atoms with E-state index >= 15 is 0 Å². The van der Waals surface area contributed by atoms with Crippen LogP contribution in [-0.2, 0) is 10.8 Å². The molecule has 9 aromatic carbocycles. The van der Waals surface area contributed by atoms with Gasteiger partial charge in [-0.05, 0) is 142 Å². The third-order valence-electron chi connectivity index (χ3n) is 14.0. The average molecular weight is 780 g/mol. The van der Waals surface area contributed by atoms with Gasteiger partial charge in [0.1, 0.15) is 0 Å². The third-order valence-corrected chi connectivity index (χ3v) is 14.0. The SMILES string of the molecule is Cc1ccc(C2(c3ccc(C)cc3)c3ccccc3-c3ccc(N(c4ccccc4)c4ccc5c(c4)C4(c6ccccc6-5)c5cc(C)ccc5-c5ccc(C)cc54)cc32)cc1. The van der Waals surface area contributed by atoms with E-state index in [4.69, 9.17) is 0 Å². The van der Waals surface area contributed by atoms with Crippen molar-refractivity contribution < 1.29 is 0 Å². The summed E-state index contributed by atoms with van der Waals surface area (Å²) in [6.45, 7) is 8.83. The van der Waals surface area contributed by atoms with Gasteiger partial charge in [0.15, 0.2) is 0 Å². The van der Waals surface area contributed by atoms with Gasteiger partial charge in [-0.3, -0.25) is 0 Å². The Labute approximate surface area is 359 Å². The van der Waals surface area contributed by atoms with Gasteiger partial charge >= 0.3 is 0 Å². The van der Waals surface area contributed by atoms with Crippen LogP contribution in [0.3, 0.4) is 0 Å². The van der Waals surface area contributed by atoms with Crippen LogP contribution in [0.2, 0.25) is 0 Å². The molecule has 0 radical (unpaired) electrons. The van der Waals surface area contributed by atoms with Crippen LogP contribution in [0.4, 0.5) is 17.1 Å². The third kappa shape index (κ3) is 4.89. The van der Waals surface area contributed by atoms with Crippen molar-refractivity contribution in [1.29, 1.82) is 0 Å². The second-order valence-electron chi connectivity index (χ2n) is 17.6. The lowest BCUT2D eigenvalue weighted by Gasteiger charge is -2.35. The Balaban J connectivity index is 1.13. The van der Waals surface area contributed by atoms with Gasteiger partial charge in [0.2, 0.25) is 0 Å². The molecule has 61 heavy (non-hydrogen) atoms. The number of aryl methyl sites for hydroxylation is 4. The number of hydrogen-bond acceptors (Lipinski definition) is 1. The molecule has 3 aliphatic carbocycles. The fraction of sp³-hybridized carbons (Fsp3) is 0.100. The molecular formula is C60H45N. The van der Waals surface area contributed by atoms with Gasteiger partial charge in [-0.15, -0.1) is 0 Å². The van der Waals surface area contributed by atoms with Gasteiger partial charge in [-0.25, -0.2) is 0 Å². The van der Waals surface area contributed by atoms with Crippen LogP contribution in [0.15, 0.2) is 200 Å². The predicted octanol–water partition coefficient (Wildman–Crippen LogP) is 15.1. The van der Waals surface area contributed by atoms with Crippen LogP contribution < -0.4 is 4.90 Å². The summed E-state index contributed by atoms with van der Waals surface area (Å²) in [5.41, 5.74) is 26.0. The minimum Gasteiger partial charge on any atom is -0.310 e. The molecule has 0 bridgehead atoms. The lowest BCUT2D eigenvalue weighted by Crippen LogP contribution is -2.29. The number of fused-ring (bicyclic) bond motifs is 13. The smallest absolute Gasteiger partial charge is 0.0726 e. The Hall–Kier alpha value is -7.22. The zero-order valence-electron chi connectivity index (χ0n) is 35.0. The lowest BCUT2D eigenvalue weighted by molar-refractivity contribution is 0.767. The minimum atomic E-state index is -0.512. The number of rotatable bonds is 5. The van der Waals surface area contributed by atoms with Crippen molar-refractivity contribution in [3.8, 4) is 33.4 Å². The van der Waals surface area contributed by atoms with E-state index in [1.54, 1.807) is 0 Å². The van der Waals surface area contributed by atoms with E-state index in [1.165, 1.54) is 100 Å². The monoisotopic (exact) mass is 779 g/mol. The maximum Gasteiger partial charge on any atom is 0.0726 e. The zero-order chi connectivity index (χ0) is 41.0. The predicted molar refractivity (Wildman–Crippen MR) is 254 cm³/mol. The van der Waals surface area contributed by atoms with Gasteiger partial charge in [0.05, 0.1) is 10.8 Å². The number of benzene rings is 9. The zero-order valence-corrected chi connectivity index (χ0v) is 35.0. The second kappa shape index (κ2) is 13.1. The Bertz CT molecular complexity index is 3130. The summed E-state index contributed by atoms with van der Waals surface area (Å²) in [7, 11) is 0. The van der Waals surface area contributed by atoms with Crippen LogP contribution in [0, 0.1) is 27.7 Å². The molecule has 3 aliphatic rings. The molecular weight excluding hydrogens is 735 g/mol. The summed E-state index contributed by atoms with van der Waals surface area (Å²) in [5.74, 6) is 0. The molecule has 0 heterocycles. The van der Waals surface area contributed by atoms with Crippen molar-refractivity contribution in [2.24, 2.45) is 0 Å². The summed E-state index contributed by atoms with van der Waals surface area (Å²) in [5, 5.41) is 0. The molecule has 290 valence electrons. The Morgan fingerprint density at radius 3 is 1.11 bits per heavy atom. The summed E-state index contributed by atoms with van der Waals surface area (Å²) in [6.07, 6.45) is 0. The molecule has 0 atom stereocenters. The van der Waals surface area contributed by atoms with Crippen LogP contribution in [-0.4, -0.2) is 0 Å². The molecule has 9 aromatic rings. The molecule has 0 saturated carbocycles. The molecule has 0 amide bonds. The summed E-state index contributed by atoms with van der Waals surface area (Å²) in [6, 6.07) is 76.2. The number of para-hydroxylation sites is 1. The Morgan fingerprint density at radius 1 is 0.262 bits per heavy atom. The first-order chi connectivity index (χ1) is 29.9. The highest BCUT2D eigenvalue weighted by atomic mass is 15.1. The summed E-state index contributed by atoms with van der Waals surface area (Å²) < 4.78 is 0. The molecule has 0 aliphatic heterocycles. The molecule has 0 unspecified atom stereocenters. The summed E-state index contributed by atoms with van der Waals surface area (Å²) in [4.78, 5) is 2.48. The second-order valence-corrected chi connectivity index (χ2v) is 17.6. The van der Waals surface area contributed by atoms with Crippen LogP contribution >= 0.6 is 0 Å². The van der Waals surface area contributed by atoms with E-state index in [2.05, 4.69) is 233 Å². The van der Waals surface area contributed by atoms with Crippen molar-refractivity contribution in [2.45, 2.75) is 38.5 Å². The molecule has 12 rings (SSSR count). The van der Waals surface area contributed by atoms with Crippen molar-refractivity contribution in [3.05, 3.63) is 267 Å². The van der Waals surface area contributed by atoms with Crippen molar-refractivity contribution in [3.63, 3.8) is 0 Å². The normalized spacial score (nSPS) is 14.2. The highest BCUT2D eigenvalue weighted by Gasteiger charge is 2.52.